The van der Waals surface area contributed by atoms with Crippen molar-refractivity contribution in [2.24, 2.45) is 0 Å². The lowest BCUT2D eigenvalue weighted by Crippen LogP contribution is -2.22. The lowest BCUT2D eigenvalue weighted by molar-refractivity contribution is 0.217. The molecular weight excluding hydrogens is 220 g/mol. The Morgan fingerprint density at radius 3 is 2.41 bits per heavy atom. The molecular formula is C13H20O4. The third-order valence-electron chi connectivity index (χ3n) is 2.72. The van der Waals surface area contributed by atoms with E-state index in [1.165, 1.54) is 7.11 Å². The van der Waals surface area contributed by atoms with Gasteiger partial charge >= 0.3 is 0 Å². The van der Waals surface area contributed by atoms with Gasteiger partial charge in [0.25, 0.3) is 0 Å². The fourth-order valence-corrected chi connectivity index (χ4v) is 1.54. The van der Waals surface area contributed by atoms with E-state index in [9.17, 15) is 10.2 Å². The normalized spacial score (nSPS) is 11.4. The summed E-state index contributed by atoms with van der Waals surface area (Å²) in [7, 11) is 1.48. The Bertz CT molecular complexity index is 385. The molecule has 17 heavy (non-hydrogen) atoms. The largest absolute Gasteiger partial charge is 0.504 e. The van der Waals surface area contributed by atoms with Crippen molar-refractivity contribution in [2.45, 2.75) is 26.2 Å². The Balaban J connectivity index is 3.28. The van der Waals surface area contributed by atoms with Gasteiger partial charge < -0.3 is 19.7 Å². The minimum absolute atomic E-state index is 0.00959. The molecule has 1 aromatic carbocycles. The second-order valence-corrected chi connectivity index (χ2v) is 4.50. The van der Waals surface area contributed by atoms with Crippen molar-refractivity contribution < 1.29 is 19.7 Å². The molecule has 4 heteroatoms. The lowest BCUT2D eigenvalue weighted by Gasteiger charge is -2.24. The number of methoxy groups -OCH3 is 1. The van der Waals surface area contributed by atoms with Crippen LogP contribution in [0.3, 0.4) is 0 Å². The van der Waals surface area contributed by atoms with E-state index in [1.807, 2.05) is 20.8 Å². The highest BCUT2D eigenvalue weighted by Gasteiger charge is 2.23. The van der Waals surface area contributed by atoms with Gasteiger partial charge in [0.15, 0.2) is 11.5 Å². The third kappa shape index (κ3) is 2.82. The van der Waals surface area contributed by atoms with Crippen LogP contribution in [-0.2, 0) is 5.41 Å². The molecule has 0 aliphatic rings. The molecule has 0 saturated heterocycles. The summed E-state index contributed by atoms with van der Waals surface area (Å²) in [6, 6.07) is 3.38. The molecule has 2 N–H and O–H groups in total. The number of hydrogen-bond donors (Lipinski definition) is 2. The van der Waals surface area contributed by atoms with E-state index in [0.29, 0.717) is 18.1 Å². The monoisotopic (exact) mass is 240 g/mol. The van der Waals surface area contributed by atoms with Crippen LogP contribution in [0.5, 0.6) is 17.2 Å². The first-order valence-electron chi connectivity index (χ1n) is 5.61. The van der Waals surface area contributed by atoms with Crippen molar-refractivity contribution in [1.82, 2.24) is 0 Å². The van der Waals surface area contributed by atoms with Gasteiger partial charge in [-0.3, -0.25) is 0 Å². The number of hydrogen-bond acceptors (Lipinski definition) is 4. The average Bonchev–Trinajstić information content (AvgIpc) is 2.29. The molecule has 1 rings (SSSR count). The summed E-state index contributed by atoms with van der Waals surface area (Å²) < 4.78 is 10.5. The number of aromatic hydroxyl groups is 1. The molecule has 0 unspecified atom stereocenters. The average molecular weight is 240 g/mol. The van der Waals surface area contributed by atoms with Crippen molar-refractivity contribution in [1.29, 1.82) is 0 Å². The molecule has 0 heterocycles. The number of ether oxygens (including phenoxy) is 2. The summed E-state index contributed by atoms with van der Waals surface area (Å²) in [6.45, 7) is 6.12. The van der Waals surface area contributed by atoms with Crippen LogP contribution in [0.1, 0.15) is 26.3 Å². The van der Waals surface area contributed by atoms with Crippen LogP contribution >= 0.6 is 0 Å². The van der Waals surface area contributed by atoms with Crippen LogP contribution in [0.25, 0.3) is 0 Å². The Labute approximate surface area is 102 Å². The van der Waals surface area contributed by atoms with Crippen molar-refractivity contribution in [3.63, 3.8) is 0 Å². The second-order valence-electron chi connectivity index (χ2n) is 4.50. The Kier molecular flexibility index (Phi) is 4.23. The highest BCUT2D eigenvalue weighted by atomic mass is 16.5. The minimum Gasteiger partial charge on any atom is -0.504 e. The highest BCUT2D eigenvalue weighted by Crippen LogP contribution is 2.40. The fourth-order valence-electron chi connectivity index (χ4n) is 1.54. The third-order valence-corrected chi connectivity index (χ3v) is 2.72. The predicted octanol–water partition coefficient (Wildman–Crippen LogP) is 2.07. The smallest absolute Gasteiger partial charge is 0.203 e. The van der Waals surface area contributed by atoms with Gasteiger partial charge in [-0.15, -0.1) is 0 Å². The fraction of sp³-hybridized carbons (Fsp3) is 0.538. The molecule has 0 saturated carbocycles. The maximum Gasteiger partial charge on any atom is 0.203 e. The number of phenols is 1. The molecule has 0 atom stereocenters. The van der Waals surface area contributed by atoms with Gasteiger partial charge in [0.1, 0.15) is 0 Å². The van der Waals surface area contributed by atoms with Gasteiger partial charge in [0.05, 0.1) is 20.3 Å². The maximum atomic E-state index is 9.87. The van der Waals surface area contributed by atoms with Crippen molar-refractivity contribution in [2.75, 3.05) is 20.3 Å². The van der Waals surface area contributed by atoms with E-state index < -0.39 is 5.41 Å². The Hall–Kier alpha value is -1.42. The van der Waals surface area contributed by atoms with E-state index in [1.54, 1.807) is 12.1 Å². The topological polar surface area (TPSA) is 58.9 Å². The molecule has 0 amide bonds. The standard InChI is InChI=1S/C13H20O4/c1-5-17-11-7-9(13(2,3)8-14)6-10(15)12(11)16-4/h6-7,14-15H,5,8H2,1-4H3. The van der Waals surface area contributed by atoms with Crippen LogP contribution in [0.15, 0.2) is 12.1 Å². The van der Waals surface area contributed by atoms with Gasteiger partial charge in [-0.25, -0.2) is 0 Å². The molecule has 0 aliphatic carbocycles. The zero-order valence-corrected chi connectivity index (χ0v) is 10.8. The van der Waals surface area contributed by atoms with Crippen molar-refractivity contribution >= 4 is 0 Å². The quantitative estimate of drug-likeness (QED) is 0.827. The number of benzene rings is 1. The van der Waals surface area contributed by atoms with Gasteiger partial charge in [-0.1, -0.05) is 13.8 Å². The summed E-state index contributed by atoms with van der Waals surface area (Å²) in [6.07, 6.45) is 0. The maximum absolute atomic E-state index is 9.87. The van der Waals surface area contributed by atoms with Gasteiger partial charge in [-0.05, 0) is 24.6 Å². The molecule has 1 aromatic rings. The number of rotatable bonds is 5. The first-order chi connectivity index (χ1) is 7.96. The van der Waals surface area contributed by atoms with Crippen LogP contribution in [-0.4, -0.2) is 30.5 Å². The van der Waals surface area contributed by atoms with Crippen LogP contribution in [0.4, 0.5) is 0 Å². The zero-order chi connectivity index (χ0) is 13.1. The van der Waals surface area contributed by atoms with Crippen LogP contribution in [0, 0.1) is 0 Å². The molecule has 4 nitrogen and oxygen atoms in total. The van der Waals surface area contributed by atoms with E-state index in [4.69, 9.17) is 9.47 Å². The molecule has 96 valence electrons. The van der Waals surface area contributed by atoms with E-state index >= 15 is 0 Å². The number of aliphatic hydroxyl groups is 1. The number of aliphatic hydroxyl groups excluding tert-OH is 1. The van der Waals surface area contributed by atoms with E-state index in [2.05, 4.69) is 0 Å². The van der Waals surface area contributed by atoms with Gasteiger partial charge in [0, 0.05) is 5.41 Å². The summed E-state index contributed by atoms with van der Waals surface area (Å²) in [5.74, 6) is 0.839. The highest BCUT2D eigenvalue weighted by molar-refractivity contribution is 5.54. The lowest BCUT2D eigenvalue weighted by atomic mass is 9.85. The molecule has 0 aromatic heterocycles. The van der Waals surface area contributed by atoms with Crippen molar-refractivity contribution in [3.8, 4) is 17.2 Å². The van der Waals surface area contributed by atoms with E-state index in [0.717, 1.165) is 5.56 Å². The Morgan fingerprint density at radius 1 is 1.29 bits per heavy atom. The number of phenolic OH excluding ortho intramolecular Hbond substituents is 1. The summed E-state index contributed by atoms with van der Waals surface area (Å²) in [4.78, 5) is 0. The molecule has 0 radical (unpaired) electrons. The van der Waals surface area contributed by atoms with Crippen LogP contribution in [0.2, 0.25) is 0 Å². The Morgan fingerprint density at radius 2 is 1.94 bits per heavy atom. The van der Waals surface area contributed by atoms with Crippen LogP contribution < -0.4 is 9.47 Å². The predicted molar refractivity (Wildman–Crippen MR) is 65.9 cm³/mol. The molecule has 0 aliphatic heterocycles. The first kappa shape index (κ1) is 13.6. The summed E-state index contributed by atoms with van der Waals surface area (Å²) >= 11 is 0. The van der Waals surface area contributed by atoms with Gasteiger partial charge in [0.2, 0.25) is 5.75 Å². The van der Waals surface area contributed by atoms with E-state index in [-0.39, 0.29) is 12.4 Å². The molecule has 0 fully saturated rings. The SMILES string of the molecule is CCOc1cc(C(C)(C)CO)cc(O)c1OC. The first-order valence-corrected chi connectivity index (χ1v) is 5.61. The summed E-state index contributed by atoms with van der Waals surface area (Å²) in [5, 5.41) is 19.2. The second kappa shape index (κ2) is 5.27. The zero-order valence-electron chi connectivity index (χ0n) is 10.8. The van der Waals surface area contributed by atoms with Crippen molar-refractivity contribution in [3.05, 3.63) is 17.7 Å². The van der Waals surface area contributed by atoms with Gasteiger partial charge in [-0.2, -0.15) is 0 Å². The minimum atomic E-state index is -0.435. The summed E-state index contributed by atoms with van der Waals surface area (Å²) in [5.41, 5.74) is 0.372. The molecule has 0 bridgehead atoms. The molecule has 0 spiro atoms.